The minimum Gasteiger partial charge on any atom is -0.354 e. The van der Waals surface area contributed by atoms with Crippen LogP contribution in [0.1, 0.15) is 20.3 Å². The lowest BCUT2D eigenvalue weighted by Crippen LogP contribution is -2.55. The molecule has 0 spiro atoms. The number of thioether (sulfide) groups is 1. The number of amides is 2. The summed E-state index contributed by atoms with van der Waals surface area (Å²) in [6.45, 7) is 4.27. The van der Waals surface area contributed by atoms with Crippen molar-refractivity contribution in [3.8, 4) is 0 Å². The Morgan fingerprint density at radius 1 is 1.42 bits per heavy atom. The van der Waals surface area contributed by atoms with Crippen LogP contribution in [0.25, 0.3) is 0 Å². The molecular formula is C14H18N2O2S. The molecule has 4 nitrogen and oxygen atoms in total. The van der Waals surface area contributed by atoms with Gasteiger partial charge in [-0.3, -0.25) is 9.59 Å². The Bertz CT molecular complexity index is 518. The first kappa shape index (κ1) is 13.9. The molecule has 1 N–H and O–H groups in total. The third-order valence-electron chi connectivity index (χ3n) is 3.22. The number of carbonyl (C=O) groups is 2. The molecule has 1 aromatic carbocycles. The first-order chi connectivity index (χ1) is 9.00. The second-order valence-electron chi connectivity index (χ2n) is 4.72. The maximum absolute atomic E-state index is 12.5. The van der Waals surface area contributed by atoms with E-state index in [9.17, 15) is 9.59 Å². The Balaban J connectivity index is 2.34. The van der Waals surface area contributed by atoms with E-state index in [1.807, 2.05) is 31.2 Å². The predicted molar refractivity (Wildman–Crippen MR) is 77.4 cm³/mol. The molecule has 1 aliphatic heterocycles. The lowest BCUT2D eigenvalue weighted by molar-refractivity contribution is -0.131. The van der Waals surface area contributed by atoms with Crippen LogP contribution in [-0.2, 0) is 9.59 Å². The number of rotatable bonds is 3. The zero-order chi connectivity index (χ0) is 14.0. The van der Waals surface area contributed by atoms with Gasteiger partial charge in [-0.2, -0.15) is 0 Å². The van der Waals surface area contributed by atoms with Gasteiger partial charge >= 0.3 is 0 Å². The van der Waals surface area contributed by atoms with E-state index >= 15 is 0 Å². The van der Waals surface area contributed by atoms with Crippen LogP contribution < -0.4 is 10.2 Å². The highest BCUT2D eigenvalue weighted by atomic mass is 32.2. The van der Waals surface area contributed by atoms with Crippen molar-refractivity contribution < 1.29 is 9.59 Å². The molecule has 0 saturated heterocycles. The summed E-state index contributed by atoms with van der Waals surface area (Å²) in [5.41, 5.74) is 0.860. The number of anilines is 1. The SMILES string of the molecule is CCCNC(=O)[C@]1(C)Sc2ccccc2N(C)C1=O. The molecule has 1 atom stereocenters. The Morgan fingerprint density at radius 3 is 2.79 bits per heavy atom. The van der Waals surface area contributed by atoms with Gasteiger partial charge in [-0.15, -0.1) is 0 Å². The molecule has 0 fully saturated rings. The largest absolute Gasteiger partial charge is 0.354 e. The van der Waals surface area contributed by atoms with E-state index in [1.54, 1.807) is 18.9 Å². The molecule has 0 radical (unpaired) electrons. The third-order valence-corrected chi connectivity index (χ3v) is 4.56. The number of hydrogen-bond acceptors (Lipinski definition) is 3. The first-order valence-corrected chi connectivity index (χ1v) is 7.17. The first-order valence-electron chi connectivity index (χ1n) is 6.35. The summed E-state index contributed by atoms with van der Waals surface area (Å²) in [6, 6.07) is 7.64. The van der Waals surface area contributed by atoms with Crippen molar-refractivity contribution in [2.75, 3.05) is 18.5 Å². The van der Waals surface area contributed by atoms with E-state index in [-0.39, 0.29) is 11.8 Å². The van der Waals surface area contributed by atoms with E-state index in [1.165, 1.54) is 11.8 Å². The van der Waals surface area contributed by atoms with Crippen LogP contribution in [0.5, 0.6) is 0 Å². The van der Waals surface area contributed by atoms with E-state index < -0.39 is 4.75 Å². The van der Waals surface area contributed by atoms with Crippen molar-refractivity contribution in [3.63, 3.8) is 0 Å². The van der Waals surface area contributed by atoms with Crippen LogP contribution in [0.2, 0.25) is 0 Å². The van der Waals surface area contributed by atoms with Gasteiger partial charge in [-0.05, 0) is 25.5 Å². The van der Waals surface area contributed by atoms with Gasteiger partial charge in [0.05, 0.1) is 5.69 Å². The predicted octanol–water partition coefficient (Wildman–Crippen LogP) is 2.04. The summed E-state index contributed by atoms with van der Waals surface area (Å²) in [7, 11) is 1.71. The number of nitrogens with one attached hydrogen (secondary N) is 1. The minimum absolute atomic E-state index is 0.176. The Kier molecular flexibility index (Phi) is 3.85. The molecule has 0 bridgehead atoms. The Morgan fingerprint density at radius 2 is 2.11 bits per heavy atom. The molecule has 1 aliphatic rings. The van der Waals surface area contributed by atoms with Gasteiger partial charge in [0.15, 0.2) is 4.75 Å². The van der Waals surface area contributed by atoms with E-state index in [4.69, 9.17) is 0 Å². The molecule has 1 heterocycles. The summed E-state index contributed by atoms with van der Waals surface area (Å²) in [5, 5.41) is 2.82. The van der Waals surface area contributed by atoms with Crippen LogP contribution >= 0.6 is 11.8 Å². The van der Waals surface area contributed by atoms with Crippen molar-refractivity contribution in [3.05, 3.63) is 24.3 Å². The van der Waals surface area contributed by atoms with Gasteiger partial charge in [0, 0.05) is 18.5 Å². The second-order valence-corrected chi connectivity index (χ2v) is 6.18. The van der Waals surface area contributed by atoms with Crippen molar-refractivity contribution in [1.29, 1.82) is 0 Å². The number of carbonyl (C=O) groups excluding carboxylic acids is 2. The number of benzene rings is 1. The molecule has 1 aromatic rings. The van der Waals surface area contributed by atoms with Crippen LogP contribution in [0.4, 0.5) is 5.69 Å². The van der Waals surface area contributed by atoms with E-state index in [2.05, 4.69) is 5.32 Å². The summed E-state index contributed by atoms with van der Waals surface area (Å²) in [4.78, 5) is 27.2. The zero-order valence-electron chi connectivity index (χ0n) is 11.4. The van der Waals surface area contributed by atoms with Crippen LogP contribution in [0, 0.1) is 0 Å². The second kappa shape index (κ2) is 5.25. The van der Waals surface area contributed by atoms with Gasteiger partial charge in [0.25, 0.3) is 5.91 Å². The molecule has 2 rings (SSSR count). The van der Waals surface area contributed by atoms with Crippen molar-refractivity contribution >= 4 is 29.3 Å². The molecule has 0 aromatic heterocycles. The summed E-state index contributed by atoms with van der Waals surface area (Å²) >= 11 is 1.33. The Hall–Kier alpha value is -1.49. The van der Waals surface area contributed by atoms with Crippen molar-refractivity contribution in [2.45, 2.75) is 29.9 Å². The van der Waals surface area contributed by atoms with Crippen LogP contribution in [0.15, 0.2) is 29.2 Å². The monoisotopic (exact) mass is 278 g/mol. The molecule has 0 aliphatic carbocycles. The normalized spacial score (nSPS) is 22.1. The van der Waals surface area contributed by atoms with Gasteiger partial charge in [-0.25, -0.2) is 0 Å². The average molecular weight is 278 g/mol. The minimum atomic E-state index is -1.09. The quantitative estimate of drug-likeness (QED) is 0.861. The van der Waals surface area contributed by atoms with Gasteiger partial charge in [0.1, 0.15) is 0 Å². The molecule has 5 heteroatoms. The maximum atomic E-state index is 12.5. The molecular weight excluding hydrogens is 260 g/mol. The van der Waals surface area contributed by atoms with Crippen molar-refractivity contribution in [2.24, 2.45) is 0 Å². The fourth-order valence-corrected chi connectivity index (χ4v) is 3.35. The molecule has 102 valence electrons. The highest BCUT2D eigenvalue weighted by Crippen LogP contribution is 2.44. The third kappa shape index (κ3) is 2.34. The fraction of sp³-hybridized carbons (Fsp3) is 0.429. The van der Waals surface area contributed by atoms with Crippen LogP contribution in [-0.4, -0.2) is 30.2 Å². The summed E-state index contributed by atoms with van der Waals surface area (Å²) in [5.74, 6) is -0.393. The standard InChI is InChI=1S/C14H18N2O2S/c1-4-9-15-12(17)14(2)13(18)16(3)10-7-5-6-8-11(10)19-14/h5-8H,4,9H2,1-3H3,(H,15,17)/t14-/m0/s1. The highest BCUT2D eigenvalue weighted by Gasteiger charge is 2.47. The smallest absolute Gasteiger partial charge is 0.252 e. The molecule has 0 unspecified atom stereocenters. The van der Waals surface area contributed by atoms with Gasteiger partial charge in [0.2, 0.25) is 5.91 Å². The fourth-order valence-electron chi connectivity index (χ4n) is 2.06. The number of fused-ring (bicyclic) bond motifs is 1. The number of hydrogen-bond donors (Lipinski definition) is 1. The number of nitrogens with zero attached hydrogens (tertiary/aromatic N) is 1. The summed E-state index contributed by atoms with van der Waals surface area (Å²) in [6.07, 6.45) is 0.854. The molecule has 19 heavy (non-hydrogen) atoms. The average Bonchev–Trinajstić information content (AvgIpc) is 2.42. The lowest BCUT2D eigenvalue weighted by Gasteiger charge is -2.36. The molecule has 0 saturated carbocycles. The molecule has 2 amide bonds. The topological polar surface area (TPSA) is 49.4 Å². The lowest BCUT2D eigenvalue weighted by atomic mass is 10.1. The van der Waals surface area contributed by atoms with Crippen molar-refractivity contribution in [1.82, 2.24) is 5.32 Å². The Labute approximate surface area is 117 Å². The van der Waals surface area contributed by atoms with E-state index in [0.29, 0.717) is 6.54 Å². The maximum Gasteiger partial charge on any atom is 0.252 e. The van der Waals surface area contributed by atoms with E-state index in [0.717, 1.165) is 17.0 Å². The van der Waals surface area contributed by atoms with Crippen LogP contribution in [0.3, 0.4) is 0 Å². The number of para-hydroxylation sites is 1. The summed E-state index contributed by atoms with van der Waals surface area (Å²) < 4.78 is -1.09. The zero-order valence-corrected chi connectivity index (χ0v) is 12.2. The van der Waals surface area contributed by atoms with Gasteiger partial charge < -0.3 is 10.2 Å². The van der Waals surface area contributed by atoms with Gasteiger partial charge in [-0.1, -0.05) is 30.8 Å². The highest BCUT2D eigenvalue weighted by molar-refractivity contribution is 8.02.